The maximum atomic E-state index is 4.29. The topological polar surface area (TPSA) is 29.9 Å². The Morgan fingerprint density at radius 2 is 2.25 bits per heavy atom. The molecule has 16 heavy (non-hydrogen) atoms. The lowest BCUT2D eigenvalue weighted by Crippen LogP contribution is -2.31. The summed E-state index contributed by atoms with van der Waals surface area (Å²) in [4.78, 5) is 0. The minimum absolute atomic E-state index is 0.646. The van der Waals surface area contributed by atoms with E-state index < -0.39 is 0 Å². The van der Waals surface area contributed by atoms with Crippen LogP contribution < -0.4 is 5.32 Å². The highest BCUT2D eigenvalue weighted by Gasteiger charge is 2.20. The number of hydrogen-bond donors (Lipinski definition) is 1. The number of hydrogen-bond acceptors (Lipinski definition) is 2. The van der Waals surface area contributed by atoms with Gasteiger partial charge in [-0.2, -0.15) is 5.10 Å². The maximum Gasteiger partial charge on any atom is 0.0534 e. The first-order valence-corrected chi connectivity index (χ1v) is 6.54. The zero-order valence-electron chi connectivity index (χ0n) is 10.4. The Morgan fingerprint density at radius 1 is 1.50 bits per heavy atom. The van der Waals surface area contributed by atoms with Crippen molar-refractivity contribution >= 4 is 0 Å². The number of aryl methyl sites for hydroxylation is 1. The van der Waals surface area contributed by atoms with Crippen molar-refractivity contribution < 1.29 is 0 Å². The molecule has 0 spiro atoms. The molecule has 1 saturated carbocycles. The van der Waals surface area contributed by atoms with E-state index in [2.05, 4.69) is 30.5 Å². The van der Waals surface area contributed by atoms with Crippen LogP contribution in [0.1, 0.15) is 45.1 Å². The van der Waals surface area contributed by atoms with Crippen molar-refractivity contribution in [1.29, 1.82) is 0 Å². The van der Waals surface area contributed by atoms with Gasteiger partial charge in [-0.25, -0.2) is 0 Å². The van der Waals surface area contributed by atoms with Crippen molar-refractivity contribution in [3.05, 3.63) is 18.0 Å². The highest BCUT2D eigenvalue weighted by Crippen LogP contribution is 2.27. The molecular weight excluding hydrogens is 198 g/mol. The average molecular weight is 221 g/mol. The van der Waals surface area contributed by atoms with Gasteiger partial charge in [0.1, 0.15) is 0 Å². The van der Waals surface area contributed by atoms with Crippen LogP contribution in [0.5, 0.6) is 0 Å². The van der Waals surface area contributed by atoms with Crippen LogP contribution in [0.2, 0.25) is 0 Å². The molecule has 0 bridgehead atoms. The first-order chi connectivity index (χ1) is 7.79. The average Bonchev–Trinajstić information content (AvgIpc) is 2.96. The van der Waals surface area contributed by atoms with Gasteiger partial charge >= 0.3 is 0 Å². The van der Waals surface area contributed by atoms with Gasteiger partial charge in [0, 0.05) is 30.9 Å². The molecule has 1 aliphatic rings. The normalized spacial score (nSPS) is 19.1. The van der Waals surface area contributed by atoms with Gasteiger partial charge in [0.25, 0.3) is 0 Å². The number of nitrogens with zero attached hydrogens (tertiary/aromatic N) is 2. The molecule has 1 N–H and O–H groups in total. The summed E-state index contributed by atoms with van der Waals surface area (Å²) in [5, 5.41) is 7.91. The molecule has 1 fully saturated rings. The van der Waals surface area contributed by atoms with E-state index >= 15 is 0 Å². The highest BCUT2D eigenvalue weighted by atomic mass is 15.3. The molecule has 1 atom stereocenters. The molecule has 0 radical (unpaired) electrons. The zero-order valence-corrected chi connectivity index (χ0v) is 10.4. The largest absolute Gasteiger partial charge is 0.310 e. The lowest BCUT2D eigenvalue weighted by Gasteiger charge is -2.19. The first-order valence-electron chi connectivity index (χ1n) is 6.54. The number of aromatic nitrogens is 2. The van der Waals surface area contributed by atoms with E-state index in [1.807, 2.05) is 10.9 Å². The molecule has 1 aliphatic carbocycles. The molecule has 0 aliphatic heterocycles. The Hall–Kier alpha value is -0.830. The van der Waals surface area contributed by atoms with E-state index in [1.54, 1.807) is 0 Å². The predicted molar refractivity (Wildman–Crippen MR) is 66.2 cm³/mol. The predicted octanol–water partition coefficient (Wildman–Crippen LogP) is 2.57. The fourth-order valence-corrected chi connectivity index (χ4v) is 2.57. The summed E-state index contributed by atoms with van der Waals surface area (Å²) in [6.07, 6.45) is 9.76. The van der Waals surface area contributed by atoms with Gasteiger partial charge in [0.2, 0.25) is 0 Å². The van der Waals surface area contributed by atoms with Crippen molar-refractivity contribution in [3.63, 3.8) is 0 Å². The molecule has 2 rings (SSSR count). The van der Waals surface area contributed by atoms with Gasteiger partial charge in [-0.05, 0) is 32.6 Å². The molecule has 0 aromatic carbocycles. The number of rotatable bonds is 5. The second-order valence-corrected chi connectivity index (χ2v) is 4.92. The zero-order chi connectivity index (χ0) is 11.4. The van der Waals surface area contributed by atoms with Crippen LogP contribution in [0.4, 0.5) is 0 Å². The van der Waals surface area contributed by atoms with E-state index in [-0.39, 0.29) is 0 Å². The van der Waals surface area contributed by atoms with Crippen LogP contribution in [0.25, 0.3) is 0 Å². The Labute approximate surface area is 98.2 Å². The van der Waals surface area contributed by atoms with Crippen molar-refractivity contribution in [3.8, 4) is 0 Å². The molecule has 0 amide bonds. The smallest absolute Gasteiger partial charge is 0.0534 e. The monoisotopic (exact) mass is 221 g/mol. The summed E-state index contributed by atoms with van der Waals surface area (Å²) in [6, 6.07) is 0.646. The number of nitrogens with one attached hydrogen (secondary N) is 1. The molecule has 1 heterocycles. The molecule has 90 valence electrons. The molecule has 0 saturated heterocycles. The van der Waals surface area contributed by atoms with Crippen LogP contribution in [0, 0.1) is 5.92 Å². The standard InChI is InChI=1S/C13H23N3/c1-3-16-10-12(9-15-16)8-14-11(2)13-6-4-5-7-13/h9-11,13-14H,3-8H2,1-2H3/t11-/m1/s1. The molecule has 1 aromatic heterocycles. The van der Waals surface area contributed by atoms with Gasteiger partial charge in [-0.3, -0.25) is 4.68 Å². The Morgan fingerprint density at radius 3 is 2.88 bits per heavy atom. The summed E-state index contributed by atoms with van der Waals surface area (Å²) in [6.45, 7) is 6.35. The third kappa shape index (κ3) is 2.85. The minimum atomic E-state index is 0.646. The first kappa shape index (κ1) is 11.6. The van der Waals surface area contributed by atoms with Crippen molar-refractivity contribution in [2.45, 2.75) is 58.7 Å². The Kier molecular flexibility index (Phi) is 3.99. The summed E-state index contributed by atoms with van der Waals surface area (Å²) in [5.74, 6) is 0.890. The third-order valence-electron chi connectivity index (χ3n) is 3.75. The van der Waals surface area contributed by atoms with Crippen LogP contribution in [0.15, 0.2) is 12.4 Å². The van der Waals surface area contributed by atoms with Crippen LogP contribution in [-0.4, -0.2) is 15.8 Å². The van der Waals surface area contributed by atoms with E-state index in [0.717, 1.165) is 19.0 Å². The Bertz CT molecular complexity index is 313. The second-order valence-electron chi connectivity index (χ2n) is 4.92. The van der Waals surface area contributed by atoms with Crippen molar-refractivity contribution in [1.82, 2.24) is 15.1 Å². The quantitative estimate of drug-likeness (QED) is 0.828. The molecule has 3 heteroatoms. The third-order valence-corrected chi connectivity index (χ3v) is 3.75. The van der Waals surface area contributed by atoms with Crippen LogP contribution in [0.3, 0.4) is 0 Å². The summed E-state index contributed by atoms with van der Waals surface area (Å²) >= 11 is 0. The summed E-state index contributed by atoms with van der Waals surface area (Å²) in [7, 11) is 0. The highest BCUT2D eigenvalue weighted by molar-refractivity contribution is 5.03. The van der Waals surface area contributed by atoms with E-state index in [1.165, 1.54) is 31.2 Å². The van der Waals surface area contributed by atoms with Gasteiger partial charge in [0.15, 0.2) is 0 Å². The molecular formula is C13H23N3. The summed E-state index contributed by atoms with van der Waals surface area (Å²) < 4.78 is 1.98. The SMILES string of the molecule is CCn1cc(CN[C@H](C)C2CCCC2)cn1. The van der Waals surface area contributed by atoms with Gasteiger partial charge in [-0.15, -0.1) is 0 Å². The fourth-order valence-electron chi connectivity index (χ4n) is 2.57. The molecule has 0 unspecified atom stereocenters. The van der Waals surface area contributed by atoms with Gasteiger partial charge in [0.05, 0.1) is 6.20 Å². The van der Waals surface area contributed by atoms with E-state index in [0.29, 0.717) is 6.04 Å². The van der Waals surface area contributed by atoms with Crippen LogP contribution in [-0.2, 0) is 13.1 Å². The van der Waals surface area contributed by atoms with Gasteiger partial charge < -0.3 is 5.32 Å². The lowest BCUT2D eigenvalue weighted by molar-refractivity contribution is 0.380. The van der Waals surface area contributed by atoms with Crippen molar-refractivity contribution in [2.75, 3.05) is 0 Å². The van der Waals surface area contributed by atoms with Gasteiger partial charge in [-0.1, -0.05) is 12.8 Å². The summed E-state index contributed by atoms with van der Waals surface area (Å²) in [5.41, 5.74) is 1.30. The minimum Gasteiger partial charge on any atom is -0.310 e. The van der Waals surface area contributed by atoms with E-state index in [9.17, 15) is 0 Å². The van der Waals surface area contributed by atoms with Crippen molar-refractivity contribution in [2.24, 2.45) is 5.92 Å². The second kappa shape index (κ2) is 5.48. The van der Waals surface area contributed by atoms with E-state index in [4.69, 9.17) is 0 Å². The van der Waals surface area contributed by atoms with Crippen LogP contribution >= 0.6 is 0 Å². The maximum absolute atomic E-state index is 4.29. The lowest BCUT2D eigenvalue weighted by atomic mass is 10.00. The Balaban J connectivity index is 1.77. The molecule has 1 aromatic rings. The molecule has 3 nitrogen and oxygen atoms in total. The fraction of sp³-hybridized carbons (Fsp3) is 0.769.